The van der Waals surface area contributed by atoms with Crippen molar-refractivity contribution in [2.24, 2.45) is 0 Å². The number of allylic oxidation sites excluding steroid dienone is 2. The lowest BCUT2D eigenvalue weighted by Crippen LogP contribution is -2.53. The average molecular weight is 710 g/mol. The van der Waals surface area contributed by atoms with Gasteiger partial charge in [0.2, 0.25) is 5.91 Å². The Morgan fingerprint density at radius 1 is 0.480 bits per heavy atom. The van der Waals surface area contributed by atoms with E-state index in [4.69, 9.17) is 0 Å². The van der Waals surface area contributed by atoms with Crippen molar-refractivity contribution in [2.75, 3.05) is 6.61 Å². The normalized spacial score (nSPS) is 14.3. The standard InChI is InChI=1S/C44H87NO5/c1-3-5-7-9-11-13-15-17-19-21-23-25-27-29-31-33-35-37-41(47)43(49)40(39-46)45-44(50)42(48)38-36-34-32-30-28-26-24-22-20-18-16-14-12-10-8-6-4-2/h29,31,40-43,46-49H,3-28,30,32-39H2,1-2H3,(H,45,50)/b31-29+. The van der Waals surface area contributed by atoms with Crippen LogP contribution < -0.4 is 5.32 Å². The van der Waals surface area contributed by atoms with Crippen molar-refractivity contribution < 1.29 is 25.2 Å². The number of nitrogens with one attached hydrogen (secondary N) is 1. The minimum absolute atomic E-state index is 0.368. The van der Waals surface area contributed by atoms with E-state index in [-0.39, 0.29) is 0 Å². The molecule has 0 saturated heterocycles. The third-order valence-electron chi connectivity index (χ3n) is 10.5. The zero-order chi connectivity index (χ0) is 36.8. The van der Waals surface area contributed by atoms with Crippen LogP contribution >= 0.6 is 0 Å². The fraction of sp³-hybridized carbons (Fsp3) is 0.932. The molecule has 4 unspecified atom stereocenters. The van der Waals surface area contributed by atoms with Crippen molar-refractivity contribution >= 4 is 5.91 Å². The molecule has 6 nitrogen and oxygen atoms in total. The second-order valence-corrected chi connectivity index (χ2v) is 15.4. The first-order valence-electron chi connectivity index (χ1n) is 22.1. The van der Waals surface area contributed by atoms with Crippen LogP contribution in [0.4, 0.5) is 0 Å². The lowest BCUT2D eigenvalue weighted by molar-refractivity contribution is -0.132. The van der Waals surface area contributed by atoms with Gasteiger partial charge in [-0.1, -0.05) is 206 Å². The monoisotopic (exact) mass is 710 g/mol. The summed E-state index contributed by atoms with van der Waals surface area (Å²) in [5.41, 5.74) is 0. The molecule has 0 saturated carbocycles. The highest BCUT2D eigenvalue weighted by atomic mass is 16.3. The Balaban J connectivity index is 3.75. The quantitative estimate of drug-likeness (QED) is 0.0321. The van der Waals surface area contributed by atoms with E-state index in [0.29, 0.717) is 12.8 Å². The van der Waals surface area contributed by atoms with Gasteiger partial charge in [0.05, 0.1) is 18.8 Å². The van der Waals surface area contributed by atoms with Gasteiger partial charge in [0.1, 0.15) is 12.2 Å². The second-order valence-electron chi connectivity index (χ2n) is 15.4. The molecule has 50 heavy (non-hydrogen) atoms. The predicted molar refractivity (Wildman–Crippen MR) is 215 cm³/mol. The first kappa shape index (κ1) is 49.0. The van der Waals surface area contributed by atoms with Crippen molar-refractivity contribution in [3.8, 4) is 0 Å². The highest BCUT2D eigenvalue weighted by Gasteiger charge is 2.28. The Morgan fingerprint density at radius 3 is 1.20 bits per heavy atom. The van der Waals surface area contributed by atoms with Crippen LogP contribution in [0.1, 0.15) is 232 Å². The van der Waals surface area contributed by atoms with E-state index < -0.39 is 36.9 Å². The lowest BCUT2D eigenvalue weighted by atomic mass is 10.00. The number of aliphatic hydroxyl groups is 4. The van der Waals surface area contributed by atoms with Gasteiger partial charge in [0.15, 0.2) is 0 Å². The van der Waals surface area contributed by atoms with Crippen molar-refractivity contribution in [3.63, 3.8) is 0 Å². The van der Waals surface area contributed by atoms with Gasteiger partial charge in [-0.3, -0.25) is 4.79 Å². The average Bonchev–Trinajstić information content (AvgIpc) is 3.12. The van der Waals surface area contributed by atoms with Crippen LogP contribution in [0.25, 0.3) is 0 Å². The SMILES string of the molecule is CCCCCCCCCCCCCC/C=C/CCCC(O)C(O)C(CO)NC(=O)C(O)CCCCCCCCCCCCCCCCCCC. The summed E-state index contributed by atoms with van der Waals surface area (Å²) in [4.78, 5) is 12.5. The van der Waals surface area contributed by atoms with E-state index in [0.717, 1.165) is 38.5 Å². The minimum atomic E-state index is -1.28. The van der Waals surface area contributed by atoms with E-state index in [1.54, 1.807) is 0 Å². The van der Waals surface area contributed by atoms with Gasteiger partial charge in [-0.25, -0.2) is 0 Å². The van der Waals surface area contributed by atoms with Crippen LogP contribution in [0.3, 0.4) is 0 Å². The first-order chi connectivity index (χ1) is 24.5. The molecule has 0 aliphatic rings. The van der Waals surface area contributed by atoms with E-state index in [2.05, 4.69) is 31.3 Å². The molecule has 0 aromatic heterocycles. The molecule has 6 heteroatoms. The zero-order valence-electron chi connectivity index (χ0n) is 33.4. The maximum atomic E-state index is 12.5. The Labute approximate surface area is 311 Å². The van der Waals surface area contributed by atoms with Gasteiger partial charge in [0.25, 0.3) is 0 Å². The minimum Gasteiger partial charge on any atom is -0.394 e. The van der Waals surface area contributed by atoms with Crippen molar-refractivity contribution in [3.05, 3.63) is 12.2 Å². The molecule has 0 spiro atoms. The van der Waals surface area contributed by atoms with Crippen molar-refractivity contribution in [2.45, 2.75) is 257 Å². The summed E-state index contributed by atoms with van der Waals surface area (Å²) in [5, 5.41) is 43.6. The van der Waals surface area contributed by atoms with E-state index in [1.807, 2.05) is 0 Å². The molecular weight excluding hydrogens is 622 g/mol. The molecule has 0 aromatic carbocycles. The van der Waals surface area contributed by atoms with Crippen LogP contribution in [0, 0.1) is 0 Å². The topological polar surface area (TPSA) is 110 Å². The van der Waals surface area contributed by atoms with Crippen molar-refractivity contribution in [1.82, 2.24) is 5.32 Å². The van der Waals surface area contributed by atoms with Crippen LogP contribution in [-0.2, 0) is 4.79 Å². The highest BCUT2D eigenvalue weighted by molar-refractivity contribution is 5.80. The molecule has 0 fully saturated rings. The summed E-state index contributed by atoms with van der Waals surface area (Å²) < 4.78 is 0. The Morgan fingerprint density at radius 2 is 0.820 bits per heavy atom. The molecule has 1 amide bonds. The summed E-state index contributed by atoms with van der Waals surface area (Å²) in [6.45, 7) is 4.05. The molecule has 0 rings (SSSR count). The van der Waals surface area contributed by atoms with Crippen LogP contribution in [0.5, 0.6) is 0 Å². The van der Waals surface area contributed by atoms with Crippen molar-refractivity contribution in [1.29, 1.82) is 0 Å². The van der Waals surface area contributed by atoms with Gasteiger partial charge in [-0.2, -0.15) is 0 Å². The van der Waals surface area contributed by atoms with E-state index >= 15 is 0 Å². The van der Waals surface area contributed by atoms with Crippen LogP contribution in [-0.4, -0.2) is 57.3 Å². The molecule has 4 atom stereocenters. The van der Waals surface area contributed by atoms with Gasteiger partial charge in [0, 0.05) is 0 Å². The molecule has 5 N–H and O–H groups in total. The number of carbonyl (C=O) groups excluding carboxylic acids is 1. The molecule has 0 radical (unpaired) electrons. The Bertz CT molecular complexity index is 717. The van der Waals surface area contributed by atoms with Gasteiger partial charge < -0.3 is 25.7 Å². The number of unbranched alkanes of at least 4 members (excludes halogenated alkanes) is 29. The predicted octanol–water partition coefficient (Wildman–Crippen LogP) is 11.4. The number of amides is 1. The number of rotatable bonds is 40. The summed E-state index contributed by atoms with van der Waals surface area (Å²) in [7, 11) is 0. The molecule has 0 aromatic rings. The third-order valence-corrected chi connectivity index (χ3v) is 10.5. The Kier molecular flexibility index (Phi) is 38.5. The van der Waals surface area contributed by atoms with Crippen LogP contribution in [0.15, 0.2) is 12.2 Å². The maximum Gasteiger partial charge on any atom is 0.249 e. The number of carbonyl (C=O) groups is 1. The largest absolute Gasteiger partial charge is 0.394 e. The summed E-state index contributed by atoms with van der Waals surface area (Å²) in [6.07, 6.45) is 42.4. The summed E-state index contributed by atoms with van der Waals surface area (Å²) in [5.74, 6) is -0.590. The van der Waals surface area contributed by atoms with Gasteiger partial charge in [-0.15, -0.1) is 0 Å². The lowest BCUT2D eigenvalue weighted by Gasteiger charge is -2.27. The number of aliphatic hydroxyl groups excluding tert-OH is 4. The molecule has 0 aliphatic heterocycles. The smallest absolute Gasteiger partial charge is 0.249 e. The molecule has 0 aliphatic carbocycles. The van der Waals surface area contributed by atoms with E-state index in [1.165, 1.54) is 167 Å². The molecule has 0 bridgehead atoms. The second kappa shape index (κ2) is 39.3. The molecular formula is C44H87NO5. The summed E-state index contributed by atoms with van der Waals surface area (Å²) in [6, 6.07) is -0.996. The first-order valence-corrected chi connectivity index (χ1v) is 22.1. The third kappa shape index (κ3) is 32.9. The fourth-order valence-electron chi connectivity index (χ4n) is 6.93. The number of hydrogen-bond acceptors (Lipinski definition) is 5. The fourth-order valence-corrected chi connectivity index (χ4v) is 6.93. The van der Waals surface area contributed by atoms with E-state index in [9.17, 15) is 25.2 Å². The number of hydrogen-bond donors (Lipinski definition) is 5. The van der Waals surface area contributed by atoms with Crippen LogP contribution in [0.2, 0.25) is 0 Å². The molecule has 298 valence electrons. The molecule has 0 heterocycles. The Hall–Kier alpha value is -0.950. The highest BCUT2D eigenvalue weighted by Crippen LogP contribution is 2.16. The van der Waals surface area contributed by atoms with Gasteiger partial charge in [-0.05, 0) is 38.5 Å². The maximum absolute atomic E-state index is 12.5. The zero-order valence-corrected chi connectivity index (χ0v) is 33.4. The van der Waals surface area contributed by atoms with Gasteiger partial charge >= 0.3 is 0 Å². The summed E-state index contributed by atoms with van der Waals surface area (Å²) >= 11 is 0.